The molecule has 0 aliphatic carbocycles. The molecule has 0 aromatic heterocycles. The van der Waals surface area contributed by atoms with Gasteiger partial charge in [-0.05, 0) is 0 Å². The van der Waals surface area contributed by atoms with Crippen molar-refractivity contribution < 1.29 is 76.2 Å². The number of rotatable bonds is 0. The first-order valence-corrected chi connectivity index (χ1v) is 1.32. The van der Waals surface area contributed by atoms with Crippen LogP contribution < -0.4 is 59.1 Å². The van der Waals surface area contributed by atoms with Gasteiger partial charge in [0.2, 0.25) is 0 Å². The molecule has 0 heterocycles. The van der Waals surface area contributed by atoms with E-state index in [0.29, 0.717) is 0 Å². The molecule has 0 spiro atoms. The maximum atomic E-state index is 7.50. The number of nitroso groups, excluding NO2 is 1. The quantitative estimate of drug-likeness (QED) is 0.261. The van der Waals surface area contributed by atoms with E-state index in [4.69, 9.17) is 64.1 Å². The third-order valence-corrected chi connectivity index (χ3v) is 0. The second-order valence-corrected chi connectivity index (χ2v) is 0. The number of hydrogen-bond donors (Lipinski definition) is 1. The first kappa shape index (κ1) is 86.5. The zero-order valence-electron chi connectivity index (χ0n) is 8.00. The van der Waals surface area contributed by atoms with Crippen LogP contribution in [0.3, 0.4) is 0 Å². The molecule has 1 N–H and O–H groups in total. The van der Waals surface area contributed by atoms with Gasteiger partial charge in [-0.2, -0.15) is 4.91 Å². The maximum absolute atomic E-state index is 7.50. The largest absolute Gasteiger partial charge is 3.00 e. The maximum Gasteiger partial charge on any atom is 3.00 e. The van der Waals surface area contributed by atoms with E-state index < -0.39 is 0 Å². The van der Waals surface area contributed by atoms with Crippen molar-refractivity contribution in [3.8, 4) is 0 Å². The van der Waals surface area contributed by atoms with E-state index in [1.807, 2.05) is 0 Å². The second-order valence-electron chi connectivity index (χ2n) is 0. The van der Waals surface area contributed by atoms with E-state index >= 15 is 0 Å². The predicted molar refractivity (Wildman–Crippen MR) is 30.9 cm³/mol. The Hall–Kier alpha value is -0.431. The topological polar surface area (TPSA) is 160 Å². The Morgan fingerprint density at radius 2 is 0.533 bits per heavy atom. The molecule has 0 aliphatic heterocycles. The van der Waals surface area contributed by atoms with Crippen LogP contribution in [0, 0.1) is 69.7 Å². The van der Waals surface area contributed by atoms with Crippen LogP contribution in [-0.4, -0.2) is 0 Å². The van der Waals surface area contributed by atoms with Crippen LogP contribution in [0.1, 0.15) is 0 Å². The van der Waals surface area contributed by atoms with E-state index in [9.17, 15) is 0 Å². The van der Waals surface area contributed by atoms with Crippen LogP contribution in [0.15, 0.2) is 0 Å². The molecular formula is C5HFeN6Na2O. The molecule has 0 aliphatic rings. The molecule has 67 valence electrons. The van der Waals surface area contributed by atoms with E-state index in [1.165, 1.54) is 0 Å². The van der Waals surface area contributed by atoms with Crippen LogP contribution in [0.4, 0.5) is 0 Å². The zero-order valence-corrected chi connectivity index (χ0v) is 13.1. The molecule has 0 atom stereocenters. The molecule has 1 radical (unpaired) electrons. The first-order chi connectivity index (χ1) is 6.00. The third-order valence-electron chi connectivity index (χ3n) is 0. The van der Waals surface area contributed by atoms with Crippen molar-refractivity contribution in [1.82, 2.24) is 0 Å². The summed E-state index contributed by atoms with van der Waals surface area (Å²) in [6.45, 7) is 23.8. The Morgan fingerprint density at radius 3 is 0.533 bits per heavy atom. The second kappa shape index (κ2) is 11600. The summed E-state index contributed by atoms with van der Waals surface area (Å²) in [5, 5.41) is 31.2. The molecule has 0 aromatic rings. The molecular weight excluding hydrogens is 262 g/mol. The Bertz CT molecular complexity index is 98.9. The average Bonchev–Trinajstić information content (AvgIpc) is 2.33. The summed E-state index contributed by atoms with van der Waals surface area (Å²) in [6.07, 6.45) is 0. The fourth-order valence-electron chi connectivity index (χ4n) is 0. The number of nitrogens with zero attached hydrogens (tertiary/aromatic N) is 5. The van der Waals surface area contributed by atoms with E-state index in [1.54, 1.807) is 0 Å². The summed E-state index contributed by atoms with van der Waals surface area (Å²) in [5.74, 6) is 0. The minimum atomic E-state index is 0. The van der Waals surface area contributed by atoms with Gasteiger partial charge in [0, 0.05) is 0 Å². The van der Waals surface area contributed by atoms with Gasteiger partial charge in [-0.1, -0.05) is 5.59 Å². The van der Waals surface area contributed by atoms with Crippen LogP contribution in [0.25, 0.3) is 0 Å². The van der Waals surface area contributed by atoms with Crippen molar-refractivity contribution in [1.29, 1.82) is 31.9 Å². The molecule has 0 fully saturated rings. The number of nitrogens with one attached hydrogen (secondary N) is 1. The molecule has 0 amide bonds. The minimum absolute atomic E-state index is 0. The van der Waals surface area contributed by atoms with Gasteiger partial charge in [0.25, 0.3) is 0 Å². The van der Waals surface area contributed by atoms with Crippen molar-refractivity contribution in [2.75, 3.05) is 0 Å². The van der Waals surface area contributed by atoms with Gasteiger partial charge in [-0.3, -0.25) is 0 Å². The summed E-state index contributed by atoms with van der Waals surface area (Å²) in [4.78, 5) is 7.50. The van der Waals surface area contributed by atoms with Gasteiger partial charge in [-0.15, -0.1) is 0 Å². The van der Waals surface area contributed by atoms with Gasteiger partial charge >= 0.3 is 76.2 Å². The monoisotopic (exact) mass is 263 g/mol. The van der Waals surface area contributed by atoms with Gasteiger partial charge in [-0.25, -0.2) is 0 Å². The van der Waals surface area contributed by atoms with Crippen molar-refractivity contribution in [3.63, 3.8) is 0 Å². The molecule has 0 saturated carbocycles. The normalized spacial score (nSPS) is 0.933. The summed E-state index contributed by atoms with van der Waals surface area (Å²) >= 11 is 0. The molecule has 0 saturated heterocycles. The van der Waals surface area contributed by atoms with Gasteiger partial charge in [0.1, 0.15) is 0 Å². The van der Waals surface area contributed by atoms with Crippen LogP contribution in [0.2, 0.25) is 0 Å². The summed E-state index contributed by atoms with van der Waals surface area (Å²) in [7, 11) is 0. The van der Waals surface area contributed by atoms with E-state index in [2.05, 4.69) is 5.59 Å². The molecule has 0 aromatic carbocycles. The fraction of sp³-hybridized carbons (Fsp3) is 0. The summed E-state index contributed by atoms with van der Waals surface area (Å²) < 4.78 is 0. The van der Waals surface area contributed by atoms with Crippen LogP contribution >= 0.6 is 0 Å². The third kappa shape index (κ3) is 9800. The van der Waals surface area contributed by atoms with Crippen molar-refractivity contribution >= 4 is 0 Å². The minimum Gasteiger partial charge on any atom is -0.512 e. The standard InChI is InChI=1S/5CN.Fe.HNO.2Na/c5*1-2;;1-2;;/h;;;;;;1H;;/q5*-1;+3;;2*+1. The van der Waals surface area contributed by atoms with Crippen molar-refractivity contribution in [3.05, 3.63) is 37.8 Å². The van der Waals surface area contributed by atoms with Crippen molar-refractivity contribution in [2.45, 2.75) is 0 Å². The molecule has 0 unspecified atom stereocenters. The SMILES string of the molecule is N=O.[C-]#N.[C-]#N.[C-]#N.[C-]#N.[C-]#N.[Fe+3].[Na+].[Na+]. The first-order valence-electron chi connectivity index (χ1n) is 1.32. The predicted octanol–water partition coefficient (Wildman–Crippen LogP) is -5.18. The molecule has 10 heteroatoms. The Labute approximate surface area is 144 Å². The van der Waals surface area contributed by atoms with Crippen LogP contribution in [-0.2, 0) is 17.1 Å². The molecule has 0 bridgehead atoms. The summed E-state index contributed by atoms with van der Waals surface area (Å²) in [6, 6.07) is 0. The zero-order chi connectivity index (χ0) is 12.0. The van der Waals surface area contributed by atoms with Crippen LogP contribution in [0.5, 0.6) is 0 Å². The van der Waals surface area contributed by atoms with Gasteiger partial charge < -0.3 is 59.2 Å². The van der Waals surface area contributed by atoms with Crippen molar-refractivity contribution in [2.24, 2.45) is 0 Å². The molecule has 7 nitrogen and oxygen atoms in total. The summed E-state index contributed by atoms with van der Waals surface area (Å²) in [5.41, 5.74) is 4.50. The van der Waals surface area contributed by atoms with E-state index in [-0.39, 0.29) is 76.2 Å². The number of hydrogen-bond acceptors (Lipinski definition) is 7. The Balaban J connectivity index is -0.00000000396. The van der Waals surface area contributed by atoms with Gasteiger partial charge in [0.05, 0.1) is 0 Å². The van der Waals surface area contributed by atoms with E-state index in [0.717, 1.165) is 0 Å². The Kier molecular flexibility index (Phi) is 66700. The average molecular weight is 263 g/mol. The smallest absolute Gasteiger partial charge is 0.512 e. The Morgan fingerprint density at radius 1 is 0.533 bits per heavy atom. The van der Waals surface area contributed by atoms with Gasteiger partial charge in [0.15, 0.2) is 0 Å². The molecule has 15 heavy (non-hydrogen) atoms. The molecule has 0 rings (SSSR count). The fourth-order valence-corrected chi connectivity index (χ4v) is 0.